The average Bonchev–Trinajstić information content (AvgIpc) is 2.77. The molecule has 0 aliphatic heterocycles. The molecule has 0 heterocycles. The first-order valence-electron chi connectivity index (χ1n) is 9.14. The smallest absolute Gasteiger partial charge is 0.0661 e. The highest BCUT2D eigenvalue weighted by Gasteiger charge is 2.57. The van der Waals surface area contributed by atoms with Crippen LogP contribution in [0.2, 0.25) is 0 Å². The molecule has 4 unspecified atom stereocenters. The van der Waals surface area contributed by atoms with Crippen LogP contribution < -0.4 is 0 Å². The standard InChI is InChI=1S/C20H30O2/c1-12-4-7-16-15-6-5-13-10-14(21)11-18(22)20(13,3)17(15)8-9-19(12,16)2/h5-6,12,14,16-18,21-22H,4,7-11H2,1-3H3/t12-,14?,16?,17+,18?,19+,20?/m0/s1. The predicted molar refractivity (Wildman–Crippen MR) is 88.2 cm³/mol. The van der Waals surface area contributed by atoms with Crippen molar-refractivity contribution < 1.29 is 10.2 Å². The first kappa shape index (κ1) is 15.0. The number of fused-ring (bicyclic) bond motifs is 5. The van der Waals surface area contributed by atoms with Gasteiger partial charge in [0.25, 0.3) is 0 Å². The number of allylic oxidation sites excluding steroid dienone is 3. The maximum Gasteiger partial charge on any atom is 0.0661 e. The van der Waals surface area contributed by atoms with Gasteiger partial charge in [-0.05, 0) is 55.3 Å². The van der Waals surface area contributed by atoms with Crippen LogP contribution in [-0.4, -0.2) is 22.4 Å². The van der Waals surface area contributed by atoms with Gasteiger partial charge in [-0.15, -0.1) is 0 Å². The number of aliphatic hydroxyl groups is 2. The minimum absolute atomic E-state index is 0.142. The summed E-state index contributed by atoms with van der Waals surface area (Å²) in [6, 6.07) is 0. The van der Waals surface area contributed by atoms with Crippen molar-refractivity contribution in [1.82, 2.24) is 0 Å². The van der Waals surface area contributed by atoms with Crippen LogP contribution in [0.25, 0.3) is 0 Å². The zero-order valence-electron chi connectivity index (χ0n) is 14.2. The lowest BCUT2D eigenvalue weighted by Crippen LogP contribution is -2.52. The van der Waals surface area contributed by atoms with E-state index >= 15 is 0 Å². The fourth-order valence-corrected chi connectivity index (χ4v) is 6.30. The van der Waals surface area contributed by atoms with Gasteiger partial charge in [0.05, 0.1) is 12.2 Å². The maximum absolute atomic E-state index is 10.8. The molecule has 0 aromatic heterocycles. The van der Waals surface area contributed by atoms with E-state index in [1.807, 2.05) is 0 Å². The van der Waals surface area contributed by atoms with Crippen molar-refractivity contribution in [3.05, 3.63) is 23.3 Å². The Kier molecular flexibility index (Phi) is 3.20. The molecule has 0 saturated heterocycles. The summed E-state index contributed by atoms with van der Waals surface area (Å²) >= 11 is 0. The molecule has 7 atom stereocenters. The molecule has 122 valence electrons. The van der Waals surface area contributed by atoms with E-state index in [0.29, 0.717) is 23.7 Å². The zero-order valence-corrected chi connectivity index (χ0v) is 14.2. The molecular weight excluding hydrogens is 272 g/mol. The van der Waals surface area contributed by atoms with E-state index in [1.54, 1.807) is 5.57 Å². The minimum Gasteiger partial charge on any atom is -0.393 e. The second kappa shape index (κ2) is 4.70. The molecule has 2 heteroatoms. The molecule has 2 N–H and O–H groups in total. The Morgan fingerprint density at radius 1 is 1.05 bits per heavy atom. The Bertz CT molecular complexity index is 548. The largest absolute Gasteiger partial charge is 0.393 e. The van der Waals surface area contributed by atoms with Gasteiger partial charge in [-0.1, -0.05) is 44.1 Å². The van der Waals surface area contributed by atoms with Crippen LogP contribution in [0.15, 0.2) is 23.3 Å². The van der Waals surface area contributed by atoms with Crippen molar-refractivity contribution in [2.45, 2.75) is 71.5 Å². The van der Waals surface area contributed by atoms with E-state index in [1.165, 1.54) is 31.3 Å². The van der Waals surface area contributed by atoms with Crippen molar-refractivity contribution in [1.29, 1.82) is 0 Å². The van der Waals surface area contributed by atoms with Gasteiger partial charge in [0.2, 0.25) is 0 Å². The molecule has 4 aliphatic carbocycles. The SMILES string of the molecule is C[C@H]1CCC2C3=CC=C4CC(O)CC(O)C4(C)[C@@H]3CC[C@@]21C. The summed E-state index contributed by atoms with van der Waals surface area (Å²) in [5.74, 6) is 2.00. The molecule has 0 aromatic rings. The van der Waals surface area contributed by atoms with Crippen LogP contribution in [0.1, 0.15) is 59.3 Å². The van der Waals surface area contributed by atoms with E-state index in [9.17, 15) is 10.2 Å². The normalized spacial score (nSPS) is 54.0. The highest BCUT2D eigenvalue weighted by molar-refractivity contribution is 5.39. The number of hydrogen-bond donors (Lipinski definition) is 2. The molecule has 0 spiro atoms. The predicted octanol–water partition coefficient (Wildman–Crippen LogP) is 3.84. The van der Waals surface area contributed by atoms with E-state index in [0.717, 1.165) is 12.3 Å². The van der Waals surface area contributed by atoms with Crippen LogP contribution >= 0.6 is 0 Å². The van der Waals surface area contributed by atoms with E-state index < -0.39 is 6.10 Å². The lowest BCUT2D eigenvalue weighted by molar-refractivity contribution is -0.0522. The highest BCUT2D eigenvalue weighted by atomic mass is 16.3. The van der Waals surface area contributed by atoms with Crippen molar-refractivity contribution in [2.24, 2.45) is 28.6 Å². The fourth-order valence-electron chi connectivity index (χ4n) is 6.30. The zero-order chi connectivity index (χ0) is 15.7. The second-order valence-corrected chi connectivity index (χ2v) is 8.88. The molecule has 3 saturated carbocycles. The van der Waals surface area contributed by atoms with Crippen molar-refractivity contribution >= 4 is 0 Å². The van der Waals surface area contributed by atoms with Gasteiger partial charge in [-0.2, -0.15) is 0 Å². The van der Waals surface area contributed by atoms with Crippen LogP contribution in [0.3, 0.4) is 0 Å². The topological polar surface area (TPSA) is 40.5 Å². The third-order valence-electron chi connectivity index (χ3n) is 8.12. The van der Waals surface area contributed by atoms with Gasteiger partial charge in [0.1, 0.15) is 0 Å². The first-order valence-corrected chi connectivity index (χ1v) is 9.14. The quantitative estimate of drug-likeness (QED) is 0.714. The van der Waals surface area contributed by atoms with Gasteiger partial charge in [0.15, 0.2) is 0 Å². The molecule has 0 aromatic carbocycles. The van der Waals surface area contributed by atoms with Crippen LogP contribution in [-0.2, 0) is 0 Å². The number of rotatable bonds is 0. The van der Waals surface area contributed by atoms with Gasteiger partial charge >= 0.3 is 0 Å². The monoisotopic (exact) mass is 302 g/mol. The Morgan fingerprint density at radius 2 is 1.82 bits per heavy atom. The first-order chi connectivity index (χ1) is 10.4. The summed E-state index contributed by atoms with van der Waals surface area (Å²) in [6.45, 7) is 7.18. The summed E-state index contributed by atoms with van der Waals surface area (Å²) in [5.41, 5.74) is 3.21. The number of hydrogen-bond acceptors (Lipinski definition) is 2. The van der Waals surface area contributed by atoms with Crippen molar-refractivity contribution in [2.75, 3.05) is 0 Å². The van der Waals surface area contributed by atoms with Crippen molar-refractivity contribution in [3.63, 3.8) is 0 Å². The van der Waals surface area contributed by atoms with Crippen LogP contribution in [0.4, 0.5) is 0 Å². The number of aliphatic hydroxyl groups excluding tert-OH is 2. The second-order valence-electron chi connectivity index (χ2n) is 8.88. The third-order valence-corrected chi connectivity index (χ3v) is 8.12. The molecule has 0 bridgehead atoms. The summed E-state index contributed by atoms with van der Waals surface area (Å²) in [5, 5.41) is 20.8. The van der Waals surface area contributed by atoms with E-state index in [4.69, 9.17) is 0 Å². The maximum atomic E-state index is 10.8. The van der Waals surface area contributed by atoms with Crippen LogP contribution in [0.5, 0.6) is 0 Å². The van der Waals surface area contributed by atoms with Gasteiger partial charge in [-0.25, -0.2) is 0 Å². The Balaban J connectivity index is 1.76. The molecule has 3 fully saturated rings. The molecule has 4 rings (SSSR count). The van der Waals surface area contributed by atoms with Crippen LogP contribution in [0, 0.1) is 28.6 Å². The van der Waals surface area contributed by atoms with E-state index in [2.05, 4.69) is 32.9 Å². The Labute approximate surface area is 134 Å². The summed E-state index contributed by atoms with van der Waals surface area (Å²) < 4.78 is 0. The van der Waals surface area contributed by atoms with Gasteiger partial charge in [0, 0.05) is 11.8 Å². The Hall–Kier alpha value is -0.600. The molecule has 4 aliphatic rings. The van der Waals surface area contributed by atoms with Crippen molar-refractivity contribution in [3.8, 4) is 0 Å². The summed E-state index contributed by atoms with van der Waals surface area (Å²) in [6.07, 6.45) is 10.3. The Morgan fingerprint density at radius 3 is 2.59 bits per heavy atom. The summed E-state index contributed by atoms with van der Waals surface area (Å²) in [4.78, 5) is 0. The highest BCUT2D eigenvalue weighted by Crippen LogP contribution is 2.64. The third kappa shape index (κ3) is 1.74. The molecule has 0 amide bonds. The lowest BCUT2D eigenvalue weighted by atomic mass is 9.50. The summed E-state index contributed by atoms with van der Waals surface area (Å²) in [7, 11) is 0. The van der Waals surface area contributed by atoms with E-state index in [-0.39, 0.29) is 11.5 Å². The average molecular weight is 302 g/mol. The van der Waals surface area contributed by atoms with Gasteiger partial charge < -0.3 is 10.2 Å². The minimum atomic E-state index is -0.403. The lowest BCUT2D eigenvalue weighted by Gasteiger charge is -2.56. The fraction of sp³-hybridized carbons (Fsp3) is 0.800. The van der Waals surface area contributed by atoms with Gasteiger partial charge in [-0.3, -0.25) is 0 Å². The molecular formula is C20H30O2. The molecule has 2 nitrogen and oxygen atoms in total. The molecule has 0 radical (unpaired) electrons. The molecule has 22 heavy (non-hydrogen) atoms.